The number of anilines is 1. The smallest absolute Gasteiger partial charge is 0.184 e. The number of hydrogen-bond acceptors (Lipinski definition) is 4. The number of nitrogens with one attached hydrogen (secondary N) is 1. The van der Waals surface area contributed by atoms with Crippen LogP contribution in [0.3, 0.4) is 0 Å². The van der Waals surface area contributed by atoms with E-state index < -0.39 is 0 Å². The monoisotopic (exact) mass is 290 g/mol. The number of hydrogen-bond donors (Lipinski definition) is 1. The summed E-state index contributed by atoms with van der Waals surface area (Å²) in [5.74, 6) is 0. The summed E-state index contributed by atoms with van der Waals surface area (Å²) < 4.78 is 7.28. The molecule has 1 saturated heterocycles. The van der Waals surface area contributed by atoms with Gasteiger partial charge >= 0.3 is 0 Å². The van der Waals surface area contributed by atoms with Gasteiger partial charge in [-0.3, -0.25) is 0 Å². The third-order valence-corrected chi connectivity index (χ3v) is 5.37. The highest BCUT2D eigenvalue weighted by molar-refractivity contribution is 7.22. The summed E-state index contributed by atoms with van der Waals surface area (Å²) in [6, 6.07) is 8.79. The molecule has 1 N–H and O–H groups in total. The van der Waals surface area contributed by atoms with Crippen molar-refractivity contribution in [2.75, 3.05) is 11.9 Å². The molecular formula is C16H22N2OS. The van der Waals surface area contributed by atoms with E-state index in [1.165, 1.54) is 4.70 Å². The van der Waals surface area contributed by atoms with Crippen LogP contribution in [0.1, 0.15) is 39.5 Å². The molecule has 0 amide bonds. The van der Waals surface area contributed by atoms with Crippen molar-refractivity contribution in [1.29, 1.82) is 0 Å². The Hall–Kier alpha value is -1.13. The number of nitrogens with zero attached hydrogens (tertiary/aromatic N) is 1. The summed E-state index contributed by atoms with van der Waals surface area (Å²) in [7, 11) is 0. The van der Waals surface area contributed by atoms with Gasteiger partial charge in [0.1, 0.15) is 0 Å². The average Bonchev–Trinajstić information content (AvgIpc) is 2.89. The Bertz CT molecular complexity index is 544. The summed E-state index contributed by atoms with van der Waals surface area (Å²) in [5, 5.41) is 4.66. The average molecular weight is 290 g/mol. The molecule has 2 heterocycles. The number of ether oxygens (including phenoxy) is 1. The van der Waals surface area contributed by atoms with Crippen LogP contribution >= 0.6 is 11.3 Å². The summed E-state index contributed by atoms with van der Waals surface area (Å²) in [6.45, 7) is 5.30. The standard InChI is InChI=1S/C16H22N2OS/c1-3-16(4-2)11-12(9-10-19-16)17-15-18-13-7-5-6-8-14(13)20-15/h5-8,12H,3-4,9-11H2,1-2H3,(H,17,18). The van der Waals surface area contributed by atoms with Crippen molar-refractivity contribution in [3.8, 4) is 0 Å². The number of thiazole rings is 1. The summed E-state index contributed by atoms with van der Waals surface area (Å²) in [6.07, 6.45) is 4.32. The van der Waals surface area contributed by atoms with Gasteiger partial charge in [-0.05, 0) is 37.8 Å². The molecule has 1 aliphatic heterocycles. The molecule has 0 radical (unpaired) electrons. The van der Waals surface area contributed by atoms with E-state index >= 15 is 0 Å². The minimum Gasteiger partial charge on any atom is -0.375 e. The second kappa shape index (κ2) is 5.70. The van der Waals surface area contributed by atoms with Gasteiger partial charge in [-0.1, -0.05) is 37.3 Å². The number of aromatic nitrogens is 1. The first kappa shape index (κ1) is 13.8. The van der Waals surface area contributed by atoms with Crippen molar-refractivity contribution in [2.45, 2.75) is 51.2 Å². The Balaban J connectivity index is 1.73. The Morgan fingerprint density at radius 2 is 2.15 bits per heavy atom. The lowest BCUT2D eigenvalue weighted by Crippen LogP contribution is -2.43. The lowest BCUT2D eigenvalue weighted by Gasteiger charge is -2.40. The first-order chi connectivity index (χ1) is 9.74. The van der Waals surface area contributed by atoms with E-state index in [1.54, 1.807) is 11.3 Å². The topological polar surface area (TPSA) is 34.2 Å². The van der Waals surface area contributed by atoms with Crippen LogP contribution in [0.15, 0.2) is 24.3 Å². The van der Waals surface area contributed by atoms with Crippen molar-refractivity contribution in [1.82, 2.24) is 4.98 Å². The first-order valence-electron chi connectivity index (χ1n) is 7.51. The van der Waals surface area contributed by atoms with Gasteiger partial charge in [0.15, 0.2) is 5.13 Å². The predicted molar refractivity (Wildman–Crippen MR) is 85.5 cm³/mol. The second-order valence-corrected chi connectivity index (χ2v) is 6.59. The number of benzene rings is 1. The minimum atomic E-state index is 0.0621. The summed E-state index contributed by atoms with van der Waals surface area (Å²) in [4.78, 5) is 4.67. The third-order valence-electron chi connectivity index (χ3n) is 4.40. The van der Waals surface area contributed by atoms with Gasteiger partial charge in [0.2, 0.25) is 0 Å². The van der Waals surface area contributed by atoms with Crippen LogP contribution in [0.4, 0.5) is 5.13 Å². The second-order valence-electron chi connectivity index (χ2n) is 5.56. The highest BCUT2D eigenvalue weighted by atomic mass is 32.1. The zero-order valence-electron chi connectivity index (χ0n) is 12.2. The van der Waals surface area contributed by atoms with Crippen LogP contribution in [0, 0.1) is 0 Å². The fourth-order valence-electron chi connectivity index (χ4n) is 3.00. The molecule has 0 saturated carbocycles. The molecular weight excluding hydrogens is 268 g/mol. The third kappa shape index (κ3) is 2.67. The zero-order chi connectivity index (χ0) is 14.0. The molecule has 0 aliphatic carbocycles. The van der Waals surface area contributed by atoms with Crippen molar-refractivity contribution < 1.29 is 4.74 Å². The van der Waals surface area contributed by atoms with Crippen LogP contribution in [0.25, 0.3) is 10.2 Å². The van der Waals surface area contributed by atoms with Crippen LogP contribution in [-0.2, 0) is 4.74 Å². The molecule has 1 fully saturated rings. The van der Waals surface area contributed by atoms with Gasteiger partial charge in [-0.2, -0.15) is 0 Å². The quantitative estimate of drug-likeness (QED) is 0.903. The largest absolute Gasteiger partial charge is 0.375 e. The fourth-order valence-corrected chi connectivity index (χ4v) is 3.95. The number of rotatable bonds is 4. The zero-order valence-corrected chi connectivity index (χ0v) is 13.0. The highest BCUT2D eigenvalue weighted by Crippen LogP contribution is 2.34. The van der Waals surface area contributed by atoms with Gasteiger partial charge in [0.25, 0.3) is 0 Å². The van der Waals surface area contributed by atoms with Crippen molar-refractivity contribution in [3.63, 3.8) is 0 Å². The van der Waals surface area contributed by atoms with Crippen molar-refractivity contribution >= 4 is 26.7 Å². The molecule has 108 valence electrons. The normalized spacial score (nSPS) is 22.0. The lowest BCUT2D eigenvalue weighted by molar-refractivity contribution is -0.0864. The van der Waals surface area contributed by atoms with Gasteiger partial charge in [-0.25, -0.2) is 4.98 Å². The maximum atomic E-state index is 6.03. The van der Waals surface area contributed by atoms with Crippen LogP contribution in [0.5, 0.6) is 0 Å². The molecule has 0 spiro atoms. The Kier molecular flexibility index (Phi) is 3.94. The minimum absolute atomic E-state index is 0.0621. The highest BCUT2D eigenvalue weighted by Gasteiger charge is 2.34. The van der Waals surface area contributed by atoms with Gasteiger partial charge in [0.05, 0.1) is 15.8 Å². The van der Waals surface area contributed by atoms with E-state index in [1.807, 2.05) is 6.07 Å². The van der Waals surface area contributed by atoms with Crippen LogP contribution in [-0.4, -0.2) is 23.2 Å². The molecule has 1 unspecified atom stereocenters. The van der Waals surface area contributed by atoms with Crippen LogP contribution < -0.4 is 5.32 Å². The lowest BCUT2D eigenvalue weighted by atomic mass is 9.86. The summed E-state index contributed by atoms with van der Waals surface area (Å²) >= 11 is 1.74. The van der Waals surface area contributed by atoms with Gasteiger partial charge in [-0.15, -0.1) is 0 Å². The van der Waals surface area contributed by atoms with E-state index in [2.05, 4.69) is 42.3 Å². The van der Waals surface area contributed by atoms with E-state index in [0.717, 1.165) is 42.9 Å². The summed E-state index contributed by atoms with van der Waals surface area (Å²) in [5.41, 5.74) is 1.15. The van der Waals surface area contributed by atoms with Gasteiger partial charge < -0.3 is 10.1 Å². The fraction of sp³-hybridized carbons (Fsp3) is 0.562. The molecule has 1 aromatic heterocycles. The predicted octanol–water partition coefficient (Wildman–Crippen LogP) is 4.45. The molecule has 4 heteroatoms. The molecule has 20 heavy (non-hydrogen) atoms. The molecule has 1 aliphatic rings. The molecule has 3 nitrogen and oxygen atoms in total. The molecule has 1 atom stereocenters. The maximum absolute atomic E-state index is 6.03. The first-order valence-corrected chi connectivity index (χ1v) is 8.32. The molecule has 1 aromatic carbocycles. The Morgan fingerprint density at radius 1 is 1.35 bits per heavy atom. The van der Waals surface area contributed by atoms with E-state index in [-0.39, 0.29) is 5.60 Å². The molecule has 0 bridgehead atoms. The van der Waals surface area contributed by atoms with Crippen molar-refractivity contribution in [2.24, 2.45) is 0 Å². The molecule has 3 rings (SSSR count). The SMILES string of the molecule is CCC1(CC)CC(Nc2nc3ccccc3s2)CCO1. The Morgan fingerprint density at radius 3 is 2.90 bits per heavy atom. The van der Waals surface area contributed by atoms with E-state index in [0.29, 0.717) is 6.04 Å². The maximum Gasteiger partial charge on any atom is 0.184 e. The van der Waals surface area contributed by atoms with Gasteiger partial charge in [0, 0.05) is 12.6 Å². The number of fused-ring (bicyclic) bond motifs is 1. The molecule has 2 aromatic rings. The van der Waals surface area contributed by atoms with E-state index in [4.69, 9.17) is 4.74 Å². The number of para-hydroxylation sites is 1. The Labute approximate surface area is 124 Å². The van der Waals surface area contributed by atoms with E-state index in [9.17, 15) is 0 Å². The van der Waals surface area contributed by atoms with Crippen molar-refractivity contribution in [3.05, 3.63) is 24.3 Å². The van der Waals surface area contributed by atoms with Crippen LogP contribution in [0.2, 0.25) is 0 Å².